The van der Waals surface area contributed by atoms with Crippen LogP contribution in [-0.4, -0.2) is 17.4 Å². The van der Waals surface area contributed by atoms with Gasteiger partial charge in [-0.3, -0.25) is 14.9 Å². The molecule has 1 aliphatic heterocycles. The molecule has 0 spiro atoms. The van der Waals surface area contributed by atoms with Crippen LogP contribution in [0.15, 0.2) is 60.7 Å². The highest BCUT2D eigenvalue weighted by Crippen LogP contribution is 2.33. The van der Waals surface area contributed by atoms with E-state index in [-0.39, 0.29) is 11.6 Å². The van der Waals surface area contributed by atoms with Crippen LogP contribution in [0.4, 0.5) is 11.4 Å². The van der Waals surface area contributed by atoms with Gasteiger partial charge in [-0.25, -0.2) is 0 Å². The summed E-state index contributed by atoms with van der Waals surface area (Å²) in [6.45, 7) is 0.540. The Kier molecular flexibility index (Phi) is 3.27. The number of benzene rings is 3. The van der Waals surface area contributed by atoms with E-state index in [4.69, 9.17) is 0 Å². The van der Waals surface area contributed by atoms with Crippen molar-refractivity contribution >= 4 is 28.1 Å². The molecule has 3 aromatic carbocycles. The molecule has 0 bridgehead atoms. The van der Waals surface area contributed by atoms with E-state index >= 15 is 0 Å². The van der Waals surface area contributed by atoms with E-state index in [2.05, 4.69) is 0 Å². The summed E-state index contributed by atoms with van der Waals surface area (Å²) in [7, 11) is 0. The van der Waals surface area contributed by atoms with Crippen LogP contribution in [0.2, 0.25) is 0 Å². The minimum Gasteiger partial charge on any atom is -0.307 e. The Balaban J connectivity index is 1.80. The highest BCUT2D eigenvalue weighted by molar-refractivity contribution is 6.14. The number of carbonyl (C=O) groups excluding carboxylic acids is 1. The molecule has 3 aromatic rings. The lowest BCUT2D eigenvalue weighted by Gasteiger charge is -2.18. The maximum atomic E-state index is 13.1. The van der Waals surface area contributed by atoms with Crippen molar-refractivity contribution in [2.45, 2.75) is 6.42 Å². The Bertz CT molecular complexity index is 976. The maximum Gasteiger partial charge on any atom is 0.271 e. The molecule has 0 aromatic heterocycles. The number of carbonyl (C=O) groups is 1. The van der Waals surface area contributed by atoms with E-state index in [0.29, 0.717) is 24.2 Å². The first-order chi connectivity index (χ1) is 11.6. The van der Waals surface area contributed by atoms with Crippen LogP contribution in [0.1, 0.15) is 15.9 Å². The summed E-state index contributed by atoms with van der Waals surface area (Å²) in [5.41, 5.74) is 2.23. The van der Waals surface area contributed by atoms with Gasteiger partial charge in [-0.15, -0.1) is 0 Å². The largest absolute Gasteiger partial charge is 0.307 e. The zero-order chi connectivity index (χ0) is 16.7. The van der Waals surface area contributed by atoms with Gasteiger partial charge in [-0.2, -0.15) is 0 Å². The lowest BCUT2D eigenvalue weighted by molar-refractivity contribution is -0.384. The van der Waals surface area contributed by atoms with Gasteiger partial charge in [0, 0.05) is 24.2 Å². The molecule has 118 valence electrons. The third-order valence-electron chi connectivity index (χ3n) is 4.44. The zero-order valence-electron chi connectivity index (χ0n) is 12.8. The van der Waals surface area contributed by atoms with Crippen molar-refractivity contribution in [3.63, 3.8) is 0 Å². The SMILES string of the molecule is O=C(c1cccc2ccccc12)N1CCc2ccc([N+](=O)[O-])cc21. The number of nitro benzene ring substituents is 1. The summed E-state index contributed by atoms with van der Waals surface area (Å²) in [6.07, 6.45) is 0.712. The van der Waals surface area contributed by atoms with Gasteiger partial charge < -0.3 is 4.90 Å². The number of fused-ring (bicyclic) bond motifs is 2. The summed E-state index contributed by atoms with van der Waals surface area (Å²) >= 11 is 0. The Hall–Kier alpha value is -3.21. The van der Waals surface area contributed by atoms with E-state index in [9.17, 15) is 14.9 Å². The number of hydrogen-bond donors (Lipinski definition) is 0. The average molecular weight is 318 g/mol. The van der Waals surface area contributed by atoms with Crippen molar-refractivity contribution in [1.82, 2.24) is 0 Å². The molecule has 5 heteroatoms. The number of nitrogens with zero attached hydrogens (tertiary/aromatic N) is 2. The van der Waals surface area contributed by atoms with Crippen molar-refractivity contribution in [1.29, 1.82) is 0 Å². The van der Waals surface area contributed by atoms with Crippen LogP contribution in [0.5, 0.6) is 0 Å². The molecular formula is C19H14N2O3. The van der Waals surface area contributed by atoms with Crippen molar-refractivity contribution in [3.05, 3.63) is 81.9 Å². The lowest BCUT2D eigenvalue weighted by atomic mass is 10.0. The second-order valence-corrected chi connectivity index (χ2v) is 5.80. The summed E-state index contributed by atoms with van der Waals surface area (Å²) in [5.74, 6) is -0.119. The Labute approximate surface area is 138 Å². The van der Waals surface area contributed by atoms with E-state index < -0.39 is 4.92 Å². The van der Waals surface area contributed by atoms with Crippen LogP contribution in [0.25, 0.3) is 10.8 Å². The molecule has 24 heavy (non-hydrogen) atoms. The van der Waals surface area contributed by atoms with Crippen molar-refractivity contribution in [2.75, 3.05) is 11.4 Å². The first kappa shape index (κ1) is 14.4. The smallest absolute Gasteiger partial charge is 0.271 e. The van der Waals surface area contributed by atoms with Gasteiger partial charge in [0.2, 0.25) is 0 Å². The van der Waals surface area contributed by atoms with E-state index in [1.165, 1.54) is 12.1 Å². The van der Waals surface area contributed by atoms with E-state index in [1.54, 1.807) is 17.0 Å². The van der Waals surface area contributed by atoms with Crippen LogP contribution >= 0.6 is 0 Å². The third-order valence-corrected chi connectivity index (χ3v) is 4.44. The van der Waals surface area contributed by atoms with Crippen molar-refractivity contribution in [2.24, 2.45) is 0 Å². The average Bonchev–Trinajstić information content (AvgIpc) is 3.03. The van der Waals surface area contributed by atoms with Gasteiger partial charge >= 0.3 is 0 Å². The highest BCUT2D eigenvalue weighted by atomic mass is 16.6. The van der Waals surface area contributed by atoms with Gasteiger partial charge in [-0.1, -0.05) is 42.5 Å². The predicted molar refractivity (Wildman–Crippen MR) is 92.4 cm³/mol. The first-order valence-electron chi connectivity index (χ1n) is 7.72. The molecule has 0 atom stereocenters. The normalized spacial score (nSPS) is 13.1. The maximum absolute atomic E-state index is 13.1. The molecule has 0 aliphatic carbocycles. The number of non-ortho nitro benzene ring substituents is 1. The van der Waals surface area contributed by atoms with Gasteiger partial charge in [0.1, 0.15) is 0 Å². The number of rotatable bonds is 2. The quantitative estimate of drug-likeness (QED) is 0.531. The van der Waals surface area contributed by atoms with Gasteiger partial charge in [0.25, 0.3) is 11.6 Å². The Morgan fingerprint density at radius 2 is 1.83 bits per heavy atom. The summed E-state index contributed by atoms with van der Waals surface area (Å²) < 4.78 is 0. The predicted octanol–water partition coefficient (Wildman–Crippen LogP) is 3.95. The topological polar surface area (TPSA) is 63.5 Å². The number of amides is 1. The Morgan fingerprint density at radius 1 is 1.04 bits per heavy atom. The monoisotopic (exact) mass is 318 g/mol. The molecular weight excluding hydrogens is 304 g/mol. The second-order valence-electron chi connectivity index (χ2n) is 5.80. The lowest BCUT2D eigenvalue weighted by Crippen LogP contribution is -2.29. The zero-order valence-corrected chi connectivity index (χ0v) is 12.8. The summed E-state index contributed by atoms with van der Waals surface area (Å²) in [5, 5.41) is 12.9. The third kappa shape index (κ3) is 2.22. The molecule has 1 heterocycles. The van der Waals surface area contributed by atoms with Crippen LogP contribution < -0.4 is 4.90 Å². The molecule has 0 fully saturated rings. The first-order valence-corrected chi connectivity index (χ1v) is 7.72. The van der Waals surface area contributed by atoms with Gasteiger partial charge in [-0.05, 0) is 28.8 Å². The highest BCUT2D eigenvalue weighted by Gasteiger charge is 2.28. The number of anilines is 1. The molecule has 1 aliphatic rings. The van der Waals surface area contributed by atoms with E-state index in [1.807, 2.05) is 36.4 Å². The minimum absolute atomic E-state index is 0.00590. The van der Waals surface area contributed by atoms with Crippen LogP contribution in [-0.2, 0) is 6.42 Å². The van der Waals surface area contributed by atoms with Crippen molar-refractivity contribution in [3.8, 4) is 0 Å². The summed E-state index contributed by atoms with van der Waals surface area (Å²) in [4.78, 5) is 25.3. The standard InChI is InChI=1S/C19H14N2O3/c22-19(17-7-3-5-13-4-1-2-6-16(13)17)20-11-10-14-8-9-15(21(23)24)12-18(14)20/h1-9,12H,10-11H2. The Morgan fingerprint density at radius 3 is 2.67 bits per heavy atom. The molecule has 4 rings (SSSR count). The van der Waals surface area contributed by atoms with Crippen LogP contribution in [0, 0.1) is 10.1 Å². The fourth-order valence-corrected chi connectivity index (χ4v) is 3.25. The van der Waals surface area contributed by atoms with Gasteiger partial charge in [0.15, 0.2) is 0 Å². The van der Waals surface area contributed by atoms with Crippen LogP contribution in [0.3, 0.4) is 0 Å². The molecule has 0 saturated heterocycles. The van der Waals surface area contributed by atoms with Gasteiger partial charge in [0.05, 0.1) is 10.6 Å². The molecule has 0 saturated carbocycles. The number of nitro groups is 1. The fraction of sp³-hybridized carbons (Fsp3) is 0.105. The fourth-order valence-electron chi connectivity index (χ4n) is 3.25. The second kappa shape index (κ2) is 5.45. The molecule has 0 N–H and O–H groups in total. The molecule has 1 amide bonds. The van der Waals surface area contributed by atoms with Crippen molar-refractivity contribution < 1.29 is 9.72 Å². The summed E-state index contributed by atoms with van der Waals surface area (Å²) in [6, 6.07) is 18.1. The molecule has 0 radical (unpaired) electrons. The number of hydrogen-bond acceptors (Lipinski definition) is 3. The van der Waals surface area contributed by atoms with E-state index in [0.717, 1.165) is 16.3 Å². The minimum atomic E-state index is -0.431. The molecule has 5 nitrogen and oxygen atoms in total. The molecule has 0 unspecified atom stereocenters.